The Morgan fingerprint density at radius 1 is 1.27 bits per heavy atom. The largest absolute Gasteiger partial charge is 0.467 e. The molecule has 0 amide bonds. The van der Waals surface area contributed by atoms with E-state index < -0.39 is 11.6 Å². The highest BCUT2D eigenvalue weighted by Crippen LogP contribution is 2.22. The molecule has 0 aliphatic carbocycles. The van der Waals surface area contributed by atoms with Gasteiger partial charge < -0.3 is 8.98 Å². The normalized spacial score (nSPS) is 11.4. The fourth-order valence-electron chi connectivity index (χ4n) is 2.87. The van der Waals surface area contributed by atoms with E-state index in [1.165, 1.54) is 24.3 Å². The first kappa shape index (κ1) is 17.4. The van der Waals surface area contributed by atoms with Gasteiger partial charge in [-0.2, -0.15) is 5.26 Å². The van der Waals surface area contributed by atoms with Crippen molar-refractivity contribution in [1.82, 2.24) is 4.57 Å². The molecule has 0 fully saturated rings. The van der Waals surface area contributed by atoms with Crippen molar-refractivity contribution in [1.29, 1.82) is 5.26 Å². The van der Waals surface area contributed by atoms with Crippen LogP contribution in [0.15, 0.2) is 58.7 Å². The highest BCUT2D eigenvalue weighted by atomic mass is 19.1. The van der Waals surface area contributed by atoms with E-state index in [0.29, 0.717) is 6.54 Å². The maximum absolute atomic E-state index is 13.9. The topological polar surface area (TPSA) is 58.9 Å². The SMILES string of the molecule is Cc1cc(/C=C(\C#N)C(=O)c2ccccc2F)c(C)n1Cc1ccco1. The Morgan fingerprint density at radius 2 is 2.04 bits per heavy atom. The van der Waals surface area contributed by atoms with Gasteiger partial charge in [-0.05, 0) is 55.8 Å². The van der Waals surface area contributed by atoms with Crippen molar-refractivity contribution in [3.63, 3.8) is 0 Å². The number of aromatic nitrogens is 1. The summed E-state index contributed by atoms with van der Waals surface area (Å²) >= 11 is 0. The number of rotatable bonds is 5. The van der Waals surface area contributed by atoms with E-state index in [2.05, 4.69) is 0 Å². The Labute approximate surface area is 150 Å². The molecule has 0 aliphatic heterocycles. The highest BCUT2D eigenvalue weighted by Gasteiger charge is 2.17. The number of furan rings is 1. The lowest BCUT2D eigenvalue weighted by molar-refractivity contribution is 0.103. The number of hydrogen-bond donors (Lipinski definition) is 0. The standard InChI is InChI=1S/C21H17FN2O2/c1-14-10-16(15(2)24(14)13-18-6-5-9-26-18)11-17(12-23)21(25)19-7-3-4-8-20(19)22/h3-11H,13H2,1-2H3/b17-11+. The molecule has 0 saturated carbocycles. The summed E-state index contributed by atoms with van der Waals surface area (Å²) < 4.78 is 21.3. The minimum atomic E-state index is -0.637. The van der Waals surface area contributed by atoms with E-state index in [1.54, 1.807) is 12.3 Å². The van der Waals surface area contributed by atoms with Gasteiger partial charge in [-0.3, -0.25) is 4.79 Å². The number of halogens is 1. The monoisotopic (exact) mass is 348 g/mol. The Kier molecular flexibility index (Phi) is 4.85. The molecule has 0 saturated heterocycles. The number of nitriles is 1. The van der Waals surface area contributed by atoms with Gasteiger partial charge in [0.15, 0.2) is 0 Å². The predicted octanol–water partition coefficient (Wildman–Crippen LogP) is 4.68. The van der Waals surface area contributed by atoms with Gasteiger partial charge >= 0.3 is 0 Å². The maximum atomic E-state index is 13.9. The third-order valence-electron chi connectivity index (χ3n) is 4.29. The van der Waals surface area contributed by atoms with Crippen molar-refractivity contribution < 1.29 is 13.6 Å². The summed E-state index contributed by atoms with van der Waals surface area (Å²) in [6.45, 7) is 4.41. The average molecular weight is 348 g/mol. The van der Waals surface area contributed by atoms with Crippen molar-refractivity contribution >= 4 is 11.9 Å². The van der Waals surface area contributed by atoms with Gasteiger partial charge in [0.05, 0.1) is 18.4 Å². The van der Waals surface area contributed by atoms with Crippen LogP contribution in [0.2, 0.25) is 0 Å². The van der Waals surface area contributed by atoms with E-state index in [0.717, 1.165) is 22.7 Å². The molecule has 0 atom stereocenters. The summed E-state index contributed by atoms with van der Waals surface area (Å²) in [4.78, 5) is 12.5. The Morgan fingerprint density at radius 3 is 2.69 bits per heavy atom. The van der Waals surface area contributed by atoms with Gasteiger partial charge in [-0.1, -0.05) is 12.1 Å². The van der Waals surface area contributed by atoms with E-state index in [-0.39, 0.29) is 11.1 Å². The summed E-state index contributed by atoms with van der Waals surface area (Å²) in [7, 11) is 0. The summed E-state index contributed by atoms with van der Waals surface area (Å²) in [6.07, 6.45) is 3.13. The van der Waals surface area contributed by atoms with Gasteiger partial charge in [0.2, 0.25) is 5.78 Å². The number of carbonyl (C=O) groups is 1. The molecule has 0 spiro atoms. The van der Waals surface area contributed by atoms with Crippen LogP contribution < -0.4 is 0 Å². The summed E-state index contributed by atoms with van der Waals surface area (Å²) in [5.74, 6) is -0.450. The van der Waals surface area contributed by atoms with Crippen LogP contribution >= 0.6 is 0 Å². The zero-order valence-electron chi connectivity index (χ0n) is 14.5. The Bertz CT molecular complexity index is 1020. The van der Waals surface area contributed by atoms with Crippen molar-refractivity contribution in [2.75, 3.05) is 0 Å². The number of Topliss-reactive ketones (excluding diaryl/α,β-unsaturated/α-hetero) is 1. The average Bonchev–Trinajstić information content (AvgIpc) is 3.23. The number of benzene rings is 1. The fraction of sp³-hybridized carbons (Fsp3) is 0.143. The number of carbonyl (C=O) groups excluding carboxylic acids is 1. The Balaban J connectivity index is 1.97. The molecule has 0 aliphatic rings. The van der Waals surface area contributed by atoms with E-state index >= 15 is 0 Å². The number of allylic oxidation sites excluding steroid dienone is 1. The molecule has 3 rings (SSSR count). The molecule has 0 radical (unpaired) electrons. The molecule has 5 heteroatoms. The number of ketones is 1. The molecule has 4 nitrogen and oxygen atoms in total. The van der Waals surface area contributed by atoms with E-state index in [4.69, 9.17) is 4.42 Å². The van der Waals surface area contributed by atoms with Crippen LogP contribution in [0, 0.1) is 31.0 Å². The molecule has 0 unspecified atom stereocenters. The van der Waals surface area contributed by atoms with Crippen LogP contribution in [-0.2, 0) is 6.54 Å². The molecule has 3 aromatic rings. The van der Waals surface area contributed by atoms with Gasteiger partial charge in [0.25, 0.3) is 0 Å². The molecule has 0 N–H and O–H groups in total. The zero-order chi connectivity index (χ0) is 18.7. The molecule has 2 heterocycles. The van der Waals surface area contributed by atoms with Gasteiger partial charge in [0, 0.05) is 11.4 Å². The smallest absolute Gasteiger partial charge is 0.206 e. The minimum Gasteiger partial charge on any atom is -0.467 e. The first-order valence-corrected chi connectivity index (χ1v) is 8.11. The molecule has 2 aromatic heterocycles. The molecule has 26 heavy (non-hydrogen) atoms. The molecular formula is C21H17FN2O2. The van der Waals surface area contributed by atoms with Crippen molar-refractivity contribution in [2.45, 2.75) is 20.4 Å². The Hall–Kier alpha value is -3.39. The van der Waals surface area contributed by atoms with Gasteiger partial charge in [0.1, 0.15) is 23.2 Å². The third kappa shape index (κ3) is 3.35. The van der Waals surface area contributed by atoms with Crippen LogP contribution in [0.1, 0.15) is 33.1 Å². The minimum absolute atomic E-state index is 0.103. The van der Waals surface area contributed by atoms with Gasteiger partial charge in [-0.15, -0.1) is 0 Å². The van der Waals surface area contributed by atoms with Crippen LogP contribution in [0.25, 0.3) is 6.08 Å². The second-order valence-electron chi connectivity index (χ2n) is 5.97. The van der Waals surface area contributed by atoms with Crippen LogP contribution in [0.4, 0.5) is 4.39 Å². The van der Waals surface area contributed by atoms with Crippen molar-refractivity contribution in [3.8, 4) is 6.07 Å². The summed E-state index contributed by atoms with van der Waals surface area (Å²) in [5, 5.41) is 9.40. The van der Waals surface area contributed by atoms with Gasteiger partial charge in [-0.25, -0.2) is 4.39 Å². The second kappa shape index (κ2) is 7.24. The van der Waals surface area contributed by atoms with Crippen LogP contribution in [0.3, 0.4) is 0 Å². The fourth-order valence-corrected chi connectivity index (χ4v) is 2.87. The maximum Gasteiger partial charge on any atom is 0.206 e. The third-order valence-corrected chi connectivity index (χ3v) is 4.29. The quantitative estimate of drug-likeness (QED) is 0.382. The number of nitrogens with zero attached hydrogens (tertiary/aromatic N) is 2. The van der Waals surface area contributed by atoms with E-state index in [1.807, 2.05) is 42.7 Å². The number of aryl methyl sites for hydroxylation is 1. The van der Waals surface area contributed by atoms with E-state index in [9.17, 15) is 14.4 Å². The molecule has 1 aromatic carbocycles. The first-order valence-electron chi connectivity index (χ1n) is 8.11. The lowest BCUT2D eigenvalue weighted by Gasteiger charge is -2.07. The zero-order valence-corrected chi connectivity index (χ0v) is 14.5. The molecule has 130 valence electrons. The lowest BCUT2D eigenvalue weighted by Crippen LogP contribution is -2.05. The molecular weight excluding hydrogens is 331 g/mol. The highest BCUT2D eigenvalue weighted by molar-refractivity contribution is 6.14. The number of hydrogen-bond acceptors (Lipinski definition) is 3. The van der Waals surface area contributed by atoms with Crippen molar-refractivity contribution in [2.24, 2.45) is 0 Å². The second-order valence-corrected chi connectivity index (χ2v) is 5.97. The van der Waals surface area contributed by atoms with Crippen LogP contribution in [0.5, 0.6) is 0 Å². The predicted molar refractivity (Wildman–Crippen MR) is 96.0 cm³/mol. The van der Waals surface area contributed by atoms with Crippen LogP contribution in [-0.4, -0.2) is 10.4 Å². The summed E-state index contributed by atoms with van der Waals surface area (Å²) in [5.41, 5.74) is 2.40. The summed E-state index contributed by atoms with van der Waals surface area (Å²) in [6, 6.07) is 13.2. The van der Waals surface area contributed by atoms with Crippen molar-refractivity contribution in [3.05, 3.63) is 88.4 Å². The molecule has 0 bridgehead atoms. The lowest BCUT2D eigenvalue weighted by atomic mass is 10.0. The first-order chi connectivity index (χ1) is 12.5.